The number of aryl methyl sites for hydroxylation is 1. The van der Waals surface area contributed by atoms with Crippen LogP contribution in [0.15, 0.2) is 29.2 Å². The molecule has 1 heterocycles. The second-order valence-electron chi connectivity index (χ2n) is 4.25. The lowest BCUT2D eigenvalue weighted by Crippen LogP contribution is -2.14. The number of anilines is 1. The van der Waals surface area contributed by atoms with Gasteiger partial charge in [0.2, 0.25) is 5.13 Å². The van der Waals surface area contributed by atoms with Crippen LogP contribution in [0.5, 0.6) is 0 Å². The maximum atomic E-state index is 12.2. The van der Waals surface area contributed by atoms with Crippen molar-refractivity contribution in [1.29, 1.82) is 0 Å². The molecule has 2 rings (SSSR count). The molecule has 6 nitrogen and oxygen atoms in total. The standard InChI is InChI=1S/C12H14N4O2S3/c1-2-11-14-15-12(20-11)16-21(17,18)9-5-3-8(4-6-9)7-10(13)19/h3-6H,2,7H2,1H3,(H2,13,19)(H,15,16). The highest BCUT2D eigenvalue weighted by Gasteiger charge is 2.16. The number of hydrogen-bond donors (Lipinski definition) is 2. The molecule has 0 aliphatic carbocycles. The Balaban J connectivity index is 2.17. The van der Waals surface area contributed by atoms with Gasteiger partial charge in [0.15, 0.2) is 0 Å². The smallest absolute Gasteiger partial charge is 0.263 e. The molecule has 0 aliphatic rings. The summed E-state index contributed by atoms with van der Waals surface area (Å²) in [6.07, 6.45) is 1.16. The van der Waals surface area contributed by atoms with E-state index in [0.29, 0.717) is 17.8 Å². The Morgan fingerprint density at radius 1 is 1.33 bits per heavy atom. The summed E-state index contributed by atoms with van der Waals surface area (Å²) in [4.78, 5) is 0.520. The zero-order valence-electron chi connectivity index (χ0n) is 11.2. The molecule has 112 valence electrons. The summed E-state index contributed by atoms with van der Waals surface area (Å²) in [5.74, 6) is 0. The molecule has 0 amide bonds. The Bertz CT molecular complexity index is 738. The molecule has 1 aromatic carbocycles. The van der Waals surface area contributed by atoms with E-state index in [1.807, 2.05) is 6.92 Å². The van der Waals surface area contributed by atoms with E-state index in [0.717, 1.165) is 10.6 Å². The molecule has 0 bridgehead atoms. The van der Waals surface area contributed by atoms with E-state index < -0.39 is 10.0 Å². The number of hydrogen-bond acceptors (Lipinski definition) is 6. The Morgan fingerprint density at radius 3 is 2.52 bits per heavy atom. The monoisotopic (exact) mass is 342 g/mol. The predicted octanol–water partition coefficient (Wildman–Crippen LogP) is 1.73. The summed E-state index contributed by atoms with van der Waals surface area (Å²) >= 11 is 6.04. The molecule has 21 heavy (non-hydrogen) atoms. The van der Waals surface area contributed by atoms with Crippen LogP contribution >= 0.6 is 23.6 Å². The topological polar surface area (TPSA) is 98.0 Å². The summed E-state index contributed by atoms with van der Waals surface area (Å²) in [6, 6.07) is 6.39. The van der Waals surface area contributed by atoms with Gasteiger partial charge in [0.25, 0.3) is 10.0 Å². The lowest BCUT2D eigenvalue weighted by Gasteiger charge is -2.05. The number of aromatic nitrogens is 2. The van der Waals surface area contributed by atoms with Gasteiger partial charge in [0.1, 0.15) is 5.01 Å². The third kappa shape index (κ3) is 4.19. The van der Waals surface area contributed by atoms with Crippen molar-refractivity contribution in [3.8, 4) is 0 Å². The van der Waals surface area contributed by atoms with Crippen molar-refractivity contribution in [2.45, 2.75) is 24.7 Å². The normalized spacial score (nSPS) is 11.3. The zero-order chi connectivity index (χ0) is 15.5. The van der Waals surface area contributed by atoms with Crippen molar-refractivity contribution < 1.29 is 8.42 Å². The van der Waals surface area contributed by atoms with Gasteiger partial charge in [-0.1, -0.05) is 42.6 Å². The Morgan fingerprint density at radius 2 is 2.00 bits per heavy atom. The maximum absolute atomic E-state index is 12.2. The van der Waals surface area contributed by atoms with E-state index in [9.17, 15) is 8.42 Å². The van der Waals surface area contributed by atoms with E-state index in [1.165, 1.54) is 23.5 Å². The third-order valence-electron chi connectivity index (χ3n) is 2.60. The largest absolute Gasteiger partial charge is 0.393 e. The fraction of sp³-hybridized carbons (Fsp3) is 0.250. The molecule has 0 atom stereocenters. The molecule has 0 saturated carbocycles. The van der Waals surface area contributed by atoms with Crippen molar-refractivity contribution in [3.05, 3.63) is 34.8 Å². The third-order valence-corrected chi connectivity index (χ3v) is 5.21. The van der Waals surface area contributed by atoms with Gasteiger partial charge in [-0.25, -0.2) is 8.42 Å². The minimum absolute atomic E-state index is 0.155. The number of nitrogens with one attached hydrogen (secondary N) is 1. The van der Waals surface area contributed by atoms with Crippen LogP contribution in [0.2, 0.25) is 0 Å². The summed E-state index contributed by atoms with van der Waals surface area (Å²) < 4.78 is 26.8. The predicted molar refractivity (Wildman–Crippen MR) is 87.0 cm³/mol. The summed E-state index contributed by atoms with van der Waals surface area (Å²) in [5.41, 5.74) is 6.32. The van der Waals surface area contributed by atoms with Gasteiger partial charge in [-0.05, 0) is 24.1 Å². The van der Waals surface area contributed by atoms with E-state index in [-0.39, 0.29) is 10.0 Å². The van der Waals surface area contributed by atoms with E-state index in [1.54, 1.807) is 12.1 Å². The van der Waals surface area contributed by atoms with Crippen molar-refractivity contribution in [2.24, 2.45) is 5.73 Å². The maximum Gasteiger partial charge on any atom is 0.263 e. The first-order valence-corrected chi connectivity index (χ1v) is 8.84. The fourth-order valence-corrected chi connectivity index (χ4v) is 3.68. The molecule has 0 fully saturated rings. The van der Waals surface area contributed by atoms with Gasteiger partial charge in [-0.3, -0.25) is 4.72 Å². The molecule has 0 radical (unpaired) electrons. The first-order chi connectivity index (χ1) is 9.90. The van der Waals surface area contributed by atoms with Crippen LogP contribution in [0.3, 0.4) is 0 Å². The summed E-state index contributed by atoms with van der Waals surface area (Å²) in [5, 5.41) is 8.71. The van der Waals surface area contributed by atoms with Crippen LogP contribution in [0.25, 0.3) is 0 Å². The SMILES string of the molecule is CCc1nnc(NS(=O)(=O)c2ccc(CC(N)=S)cc2)s1. The highest BCUT2D eigenvalue weighted by atomic mass is 32.2. The Kier molecular flexibility index (Phi) is 4.86. The first-order valence-electron chi connectivity index (χ1n) is 6.13. The van der Waals surface area contributed by atoms with Gasteiger partial charge < -0.3 is 5.73 Å². The molecule has 3 N–H and O–H groups in total. The van der Waals surface area contributed by atoms with E-state index >= 15 is 0 Å². The molecule has 1 aromatic heterocycles. The minimum Gasteiger partial charge on any atom is -0.393 e. The van der Waals surface area contributed by atoms with Crippen molar-refractivity contribution in [3.63, 3.8) is 0 Å². The second kappa shape index (κ2) is 6.46. The van der Waals surface area contributed by atoms with Gasteiger partial charge in [0, 0.05) is 6.42 Å². The average molecular weight is 342 g/mol. The van der Waals surface area contributed by atoms with Crippen molar-refractivity contribution >= 4 is 43.7 Å². The van der Waals surface area contributed by atoms with Gasteiger partial charge >= 0.3 is 0 Å². The highest BCUT2D eigenvalue weighted by Crippen LogP contribution is 2.20. The van der Waals surface area contributed by atoms with Crippen molar-refractivity contribution in [1.82, 2.24) is 10.2 Å². The van der Waals surface area contributed by atoms with Crippen molar-refractivity contribution in [2.75, 3.05) is 4.72 Å². The average Bonchev–Trinajstić information content (AvgIpc) is 2.85. The molecular weight excluding hydrogens is 328 g/mol. The second-order valence-corrected chi connectivity index (χ2v) is 7.52. The fourth-order valence-electron chi connectivity index (χ4n) is 1.60. The van der Waals surface area contributed by atoms with Crippen LogP contribution in [0, 0.1) is 0 Å². The van der Waals surface area contributed by atoms with Crippen LogP contribution in [-0.4, -0.2) is 23.6 Å². The van der Waals surface area contributed by atoms with Gasteiger partial charge in [0.05, 0.1) is 9.88 Å². The zero-order valence-corrected chi connectivity index (χ0v) is 13.7. The molecule has 0 saturated heterocycles. The highest BCUT2D eigenvalue weighted by molar-refractivity contribution is 7.93. The van der Waals surface area contributed by atoms with Gasteiger partial charge in [-0.2, -0.15) is 0 Å². The summed E-state index contributed by atoms with van der Waals surface area (Å²) in [6.45, 7) is 1.93. The molecule has 0 spiro atoms. The molecule has 2 aromatic rings. The molecule has 9 heteroatoms. The summed E-state index contributed by atoms with van der Waals surface area (Å²) in [7, 11) is -3.66. The van der Waals surface area contributed by atoms with E-state index in [2.05, 4.69) is 14.9 Å². The minimum atomic E-state index is -3.66. The number of sulfonamides is 1. The quantitative estimate of drug-likeness (QED) is 0.776. The Hall–Kier alpha value is -1.58. The lowest BCUT2D eigenvalue weighted by molar-refractivity contribution is 0.601. The van der Waals surface area contributed by atoms with Crippen LogP contribution in [0.4, 0.5) is 5.13 Å². The Labute approximate surface area is 132 Å². The first kappa shape index (κ1) is 15.8. The number of thiocarbonyl (C=S) groups is 1. The van der Waals surface area contributed by atoms with E-state index in [4.69, 9.17) is 18.0 Å². The van der Waals surface area contributed by atoms with Crippen LogP contribution in [0.1, 0.15) is 17.5 Å². The lowest BCUT2D eigenvalue weighted by atomic mass is 10.1. The number of rotatable bonds is 6. The number of benzene rings is 1. The van der Waals surface area contributed by atoms with Crippen LogP contribution < -0.4 is 10.5 Å². The van der Waals surface area contributed by atoms with Crippen LogP contribution in [-0.2, 0) is 22.9 Å². The van der Waals surface area contributed by atoms with Gasteiger partial charge in [-0.15, -0.1) is 10.2 Å². The molecule has 0 unspecified atom stereocenters. The number of nitrogens with zero attached hydrogens (tertiary/aromatic N) is 2. The molecule has 0 aliphatic heterocycles. The number of nitrogens with two attached hydrogens (primary N) is 1. The molecular formula is C12H14N4O2S3.